The fraction of sp³-hybridized carbons (Fsp3) is 0.622. The van der Waals surface area contributed by atoms with Crippen LogP contribution in [0.4, 0.5) is 0 Å². The van der Waals surface area contributed by atoms with Crippen molar-refractivity contribution in [2.24, 2.45) is 11.3 Å². The third-order valence-corrected chi connectivity index (χ3v) is 11.1. The van der Waals surface area contributed by atoms with Crippen LogP contribution in [0.5, 0.6) is 11.5 Å². The Bertz CT molecular complexity index is 1490. The third-order valence-electron chi connectivity index (χ3n) is 9.68. The van der Waals surface area contributed by atoms with E-state index in [1.54, 1.807) is 7.11 Å². The smallest absolute Gasteiger partial charge is 0.303 e. The monoisotopic (exact) mass is 685 g/mol. The maximum absolute atomic E-state index is 13.8. The molecule has 0 bridgehead atoms. The first-order valence-electron chi connectivity index (χ1n) is 17.0. The minimum atomic E-state index is -3.80. The number of amides is 2. The molecule has 2 aromatic rings. The molecule has 48 heavy (non-hydrogen) atoms. The van der Waals surface area contributed by atoms with E-state index < -0.39 is 21.5 Å². The fourth-order valence-corrected chi connectivity index (χ4v) is 7.54. The van der Waals surface area contributed by atoms with Gasteiger partial charge in [0.15, 0.2) is 0 Å². The van der Waals surface area contributed by atoms with Crippen LogP contribution in [0.1, 0.15) is 90.7 Å². The zero-order valence-corrected chi connectivity index (χ0v) is 30.8. The van der Waals surface area contributed by atoms with Gasteiger partial charge in [-0.15, -0.1) is 0 Å². The van der Waals surface area contributed by atoms with Gasteiger partial charge in [-0.05, 0) is 94.2 Å². The first kappa shape index (κ1) is 37.7. The number of carbonyl (C=O) groups excluding carboxylic acids is 2. The summed E-state index contributed by atoms with van der Waals surface area (Å²) in [5.41, 5.74) is 1.33. The van der Waals surface area contributed by atoms with Crippen LogP contribution in [0.3, 0.4) is 0 Å². The molecule has 2 aliphatic rings. The Kier molecular flexibility index (Phi) is 11.9. The van der Waals surface area contributed by atoms with Crippen LogP contribution >= 0.6 is 0 Å². The number of nitrogens with zero attached hydrogens (tertiary/aromatic N) is 2. The predicted octanol–water partition coefficient (Wildman–Crippen LogP) is 5.85. The van der Waals surface area contributed by atoms with Gasteiger partial charge in [0, 0.05) is 50.5 Å². The van der Waals surface area contributed by atoms with E-state index >= 15 is 0 Å². The van der Waals surface area contributed by atoms with E-state index in [-0.39, 0.29) is 28.9 Å². The van der Waals surface area contributed by atoms with Crippen LogP contribution in [-0.2, 0) is 36.5 Å². The van der Waals surface area contributed by atoms with E-state index in [0.29, 0.717) is 45.4 Å². The quantitative estimate of drug-likeness (QED) is 0.298. The second kappa shape index (κ2) is 15.2. The van der Waals surface area contributed by atoms with E-state index in [1.807, 2.05) is 62.1 Å². The highest BCUT2D eigenvalue weighted by Gasteiger charge is 2.43. The molecule has 266 valence electrons. The largest absolute Gasteiger partial charge is 0.497 e. The number of carbonyl (C=O) groups is 2. The second-order valence-electron chi connectivity index (χ2n) is 15.3. The Morgan fingerprint density at radius 2 is 1.56 bits per heavy atom. The molecule has 1 heterocycles. The van der Waals surface area contributed by atoms with Gasteiger partial charge in [-0.1, -0.05) is 45.0 Å². The van der Waals surface area contributed by atoms with E-state index in [4.69, 9.17) is 14.2 Å². The molecule has 1 unspecified atom stereocenters. The molecular formula is C37H55N3O7S. The van der Waals surface area contributed by atoms with Gasteiger partial charge in [-0.2, -0.15) is 12.7 Å². The van der Waals surface area contributed by atoms with Gasteiger partial charge in [-0.25, -0.2) is 4.72 Å². The molecule has 11 heteroatoms. The molecule has 1 N–H and O–H groups in total. The van der Waals surface area contributed by atoms with Gasteiger partial charge in [0.1, 0.15) is 11.5 Å². The maximum atomic E-state index is 13.8. The van der Waals surface area contributed by atoms with E-state index in [0.717, 1.165) is 40.6 Å². The first-order valence-corrected chi connectivity index (χ1v) is 18.4. The highest BCUT2D eigenvalue weighted by molar-refractivity contribution is 7.87. The molecule has 0 radical (unpaired) electrons. The third kappa shape index (κ3) is 9.72. The lowest BCUT2D eigenvalue weighted by Crippen LogP contribution is -2.47. The highest BCUT2D eigenvalue weighted by atomic mass is 32.2. The van der Waals surface area contributed by atoms with Crippen LogP contribution in [-0.4, -0.2) is 75.5 Å². The van der Waals surface area contributed by atoms with Crippen molar-refractivity contribution >= 4 is 22.0 Å². The number of rotatable bonds is 12. The van der Waals surface area contributed by atoms with Crippen molar-refractivity contribution < 1.29 is 32.2 Å². The summed E-state index contributed by atoms with van der Waals surface area (Å²) in [6.07, 6.45) is 4.94. The normalized spacial score (nSPS) is 22.9. The minimum absolute atomic E-state index is 0.0535. The van der Waals surface area contributed by atoms with Crippen molar-refractivity contribution in [1.29, 1.82) is 0 Å². The van der Waals surface area contributed by atoms with Crippen molar-refractivity contribution in [1.82, 2.24) is 13.9 Å². The Morgan fingerprint density at radius 1 is 0.958 bits per heavy atom. The van der Waals surface area contributed by atoms with Crippen molar-refractivity contribution in [3.05, 3.63) is 59.7 Å². The summed E-state index contributed by atoms with van der Waals surface area (Å²) in [4.78, 5) is 28.3. The zero-order valence-electron chi connectivity index (χ0n) is 30.0. The minimum Gasteiger partial charge on any atom is -0.497 e. The molecule has 1 aliphatic heterocycles. The number of hydrogen-bond donors (Lipinski definition) is 1. The molecule has 2 amide bonds. The lowest BCUT2D eigenvalue weighted by Gasteiger charge is -2.46. The zero-order chi connectivity index (χ0) is 35.3. The average Bonchev–Trinajstić information content (AvgIpc) is 3.02. The van der Waals surface area contributed by atoms with Crippen molar-refractivity contribution in [3.8, 4) is 11.5 Å². The number of ether oxygens (including phenoxy) is 3. The van der Waals surface area contributed by atoms with Gasteiger partial charge in [0.2, 0.25) is 11.8 Å². The topological polar surface area (TPSA) is 114 Å². The van der Waals surface area contributed by atoms with Crippen molar-refractivity contribution in [2.75, 3.05) is 34.4 Å². The second-order valence-corrected chi connectivity index (χ2v) is 17.1. The number of methoxy groups -OCH3 is 1. The van der Waals surface area contributed by atoms with Crippen LogP contribution in [0.25, 0.3) is 0 Å². The molecule has 0 spiro atoms. The summed E-state index contributed by atoms with van der Waals surface area (Å²) in [5, 5.41) is 0. The lowest BCUT2D eigenvalue weighted by atomic mass is 9.67. The Hall–Kier alpha value is -3.15. The lowest BCUT2D eigenvalue weighted by molar-refractivity contribution is -0.140. The van der Waals surface area contributed by atoms with E-state index in [2.05, 4.69) is 30.7 Å². The van der Waals surface area contributed by atoms with Gasteiger partial charge in [-0.3, -0.25) is 9.59 Å². The van der Waals surface area contributed by atoms with Crippen molar-refractivity contribution in [3.63, 3.8) is 0 Å². The van der Waals surface area contributed by atoms with Gasteiger partial charge in [0.05, 0.1) is 18.8 Å². The molecule has 0 aromatic heterocycles. The van der Waals surface area contributed by atoms with Gasteiger partial charge in [0.25, 0.3) is 0 Å². The molecule has 1 aliphatic carbocycles. The summed E-state index contributed by atoms with van der Waals surface area (Å²) in [6, 6.07) is 16.3. The summed E-state index contributed by atoms with van der Waals surface area (Å²) in [6.45, 7) is 12.0. The number of hydrogen-bond acceptors (Lipinski definition) is 7. The summed E-state index contributed by atoms with van der Waals surface area (Å²) < 4.78 is 45.0. The van der Waals surface area contributed by atoms with Gasteiger partial charge >= 0.3 is 10.2 Å². The first-order chi connectivity index (χ1) is 22.4. The molecule has 1 atom stereocenters. The van der Waals surface area contributed by atoms with Gasteiger partial charge < -0.3 is 19.1 Å². The number of benzene rings is 2. The molecule has 4 rings (SSSR count). The molecule has 2 fully saturated rings. The highest BCUT2D eigenvalue weighted by Crippen LogP contribution is 2.45. The van der Waals surface area contributed by atoms with Crippen LogP contribution in [0.15, 0.2) is 48.5 Å². The SMILES string of the molecule is COc1ccc(C2(CCN(Cc3ccc(O[C@H]4CC[C@H](C(=O)NS(=O)(=O)N(C)C)CC4)cc3)C(=O)C(C)(C)C)CCOC(C)(C)C2)cc1. The summed E-state index contributed by atoms with van der Waals surface area (Å²) in [5.74, 6) is 0.850. The Morgan fingerprint density at radius 3 is 2.10 bits per heavy atom. The molecule has 10 nitrogen and oxygen atoms in total. The number of nitrogens with one attached hydrogen (secondary N) is 1. The predicted molar refractivity (Wildman–Crippen MR) is 187 cm³/mol. The summed E-state index contributed by atoms with van der Waals surface area (Å²) in [7, 11) is 0.651. The molecule has 2 aromatic carbocycles. The standard InChI is InChI=1S/C37H55N3O7S/c1-35(2,3)34(42)40(23-21-37(22-24-46-36(4,5)26-37)29-13-19-30(45-8)20-14-29)25-27-9-15-31(16-10-27)47-32-17-11-28(12-18-32)33(41)38-48(43,44)39(6)7/h9-10,13-16,19-20,28,32H,11-12,17-18,21-26H2,1-8H3,(H,38,41)/t28-,32-,37?. The Labute approximate surface area is 287 Å². The van der Waals surface area contributed by atoms with Crippen LogP contribution in [0.2, 0.25) is 0 Å². The fourth-order valence-electron chi connectivity index (χ4n) is 6.93. The molecule has 1 saturated carbocycles. The Balaban J connectivity index is 1.41. The summed E-state index contributed by atoms with van der Waals surface area (Å²) >= 11 is 0. The van der Waals surface area contributed by atoms with E-state index in [1.165, 1.54) is 19.7 Å². The van der Waals surface area contributed by atoms with Crippen LogP contribution in [0, 0.1) is 11.3 Å². The maximum Gasteiger partial charge on any atom is 0.303 e. The molecular weight excluding hydrogens is 630 g/mol. The average molecular weight is 686 g/mol. The molecule has 1 saturated heterocycles. The van der Waals surface area contributed by atoms with E-state index in [9.17, 15) is 18.0 Å². The van der Waals surface area contributed by atoms with Crippen LogP contribution < -0.4 is 14.2 Å². The van der Waals surface area contributed by atoms with Crippen molar-refractivity contribution in [2.45, 2.75) is 103 Å².